The minimum Gasteiger partial charge on any atom is -0.395 e. The van der Waals surface area contributed by atoms with E-state index in [1.807, 2.05) is 18.2 Å². The largest absolute Gasteiger partial charge is 0.395 e. The number of carbonyl (C=O) groups excluding carboxylic acids is 2. The lowest BCUT2D eigenvalue weighted by atomic mass is 9.82. The number of nitrogens with one attached hydrogen (secondary N) is 2. The van der Waals surface area contributed by atoms with Crippen molar-refractivity contribution in [1.29, 1.82) is 0 Å². The molecule has 2 atom stereocenters. The molecule has 2 aromatic carbocycles. The maximum Gasteiger partial charge on any atom is 0.265 e. The highest BCUT2D eigenvalue weighted by atomic mass is 32.1. The third kappa shape index (κ3) is 6.74. The zero-order valence-corrected chi connectivity index (χ0v) is 23.4. The van der Waals surface area contributed by atoms with Crippen LogP contribution in [0, 0.1) is 0 Å². The van der Waals surface area contributed by atoms with Gasteiger partial charge < -0.3 is 15.3 Å². The quantitative estimate of drug-likeness (QED) is 0.149. The number of carbonyl (C=O) groups is 2. The molecule has 4 aromatic rings. The summed E-state index contributed by atoms with van der Waals surface area (Å²) >= 11 is 2.49. The van der Waals surface area contributed by atoms with Crippen LogP contribution in [-0.4, -0.2) is 60.7 Å². The van der Waals surface area contributed by atoms with Gasteiger partial charge >= 0.3 is 0 Å². The number of aliphatic hydroxyl groups excluding tert-OH is 2. The molecule has 0 aliphatic heterocycles. The van der Waals surface area contributed by atoms with E-state index in [2.05, 4.69) is 31.0 Å². The second-order valence-electron chi connectivity index (χ2n) is 9.36. The van der Waals surface area contributed by atoms with Crippen molar-refractivity contribution < 1.29 is 24.9 Å². The van der Waals surface area contributed by atoms with E-state index in [9.17, 15) is 24.9 Å². The van der Waals surface area contributed by atoms with Gasteiger partial charge in [-0.25, -0.2) is 0 Å². The van der Waals surface area contributed by atoms with Gasteiger partial charge in [-0.3, -0.25) is 20.2 Å². The van der Waals surface area contributed by atoms with Crippen molar-refractivity contribution >= 4 is 44.8 Å². The molecule has 0 saturated heterocycles. The molecule has 13 heteroatoms. The molecule has 0 saturated carbocycles. The van der Waals surface area contributed by atoms with Crippen molar-refractivity contribution in [3.8, 4) is 0 Å². The normalized spacial score (nSPS) is 14.2. The summed E-state index contributed by atoms with van der Waals surface area (Å²) in [5.41, 5.74) is -2.21. The Morgan fingerprint density at radius 1 is 0.725 bits per heavy atom. The minimum atomic E-state index is -2.09. The van der Waals surface area contributed by atoms with Crippen molar-refractivity contribution in [2.75, 3.05) is 23.8 Å². The van der Waals surface area contributed by atoms with Crippen LogP contribution in [0.5, 0.6) is 0 Å². The summed E-state index contributed by atoms with van der Waals surface area (Å²) in [6.07, 6.45) is 2.86. The Bertz CT molecular complexity index is 1310. The summed E-state index contributed by atoms with van der Waals surface area (Å²) < 4.78 is 0. The molecule has 0 fully saturated rings. The van der Waals surface area contributed by atoms with Gasteiger partial charge in [0.05, 0.1) is 18.6 Å². The minimum absolute atomic E-state index is 0.234. The first-order chi connectivity index (χ1) is 19.3. The van der Waals surface area contributed by atoms with Crippen LogP contribution < -0.4 is 10.6 Å². The highest BCUT2D eigenvalue weighted by Crippen LogP contribution is 2.27. The van der Waals surface area contributed by atoms with Crippen LogP contribution in [0.2, 0.25) is 0 Å². The van der Waals surface area contributed by atoms with Crippen molar-refractivity contribution in [2.24, 2.45) is 0 Å². The number of hydrogen-bond acceptors (Lipinski definition) is 11. The Hall–Kier alpha value is -3.62. The van der Waals surface area contributed by atoms with Gasteiger partial charge in [-0.15, -0.1) is 20.4 Å². The number of amides is 2. The molecule has 5 N–H and O–H groups in total. The maximum absolute atomic E-state index is 12.9. The molecule has 40 heavy (non-hydrogen) atoms. The molecule has 0 radical (unpaired) electrons. The smallest absolute Gasteiger partial charge is 0.265 e. The van der Waals surface area contributed by atoms with Crippen molar-refractivity contribution in [3.05, 3.63) is 81.8 Å². The van der Waals surface area contributed by atoms with E-state index in [1.165, 1.54) is 22.7 Å². The number of unbranched alkanes of at least 4 members (excludes halogenated alkanes) is 1. The fraction of sp³-hybridized carbons (Fsp3) is 0.333. The number of aryl methyl sites for hydroxylation is 2. The van der Waals surface area contributed by atoms with Gasteiger partial charge in [0.1, 0.15) is 10.0 Å². The van der Waals surface area contributed by atoms with Gasteiger partial charge in [-0.1, -0.05) is 83.3 Å². The standard InChI is InChI=1S/C27H30N6O5S2/c1-26(16-34,18-10-4-2-5-11-18)22(36)28-24-32-30-20(39-24)14-8-9-15-21-31-33-25(40-21)29-23(37)27(38,17-35)19-12-6-3-7-13-19/h2-7,10-13,34-35,38H,8-9,14-17H2,1H3,(H,28,32,36)(H,29,33,37). The van der Waals surface area contributed by atoms with Gasteiger partial charge in [0.2, 0.25) is 16.2 Å². The van der Waals surface area contributed by atoms with Crippen LogP contribution in [0.25, 0.3) is 0 Å². The summed E-state index contributed by atoms with van der Waals surface area (Å²) in [6, 6.07) is 17.3. The molecular weight excluding hydrogens is 552 g/mol. The number of rotatable bonds is 13. The lowest BCUT2D eigenvalue weighted by molar-refractivity contribution is -0.139. The molecule has 0 bridgehead atoms. The molecule has 0 aliphatic rings. The Labute approximate surface area is 239 Å². The Morgan fingerprint density at radius 2 is 1.20 bits per heavy atom. The summed E-state index contributed by atoms with van der Waals surface area (Å²) in [5, 5.41) is 54.1. The van der Waals surface area contributed by atoms with E-state index in [1.54, 1.807) is 49.4 Å². The Balaban J connectivity index is 1.24. The van der Waals surface area contributed by atoms with Gasteiger partial charge in [-0.05, 0) is 30.9 Å². The van der Waals surface area contributed by atoms with E-state index in [0.29, 0.717) is 23.5 Å². The highest BCUT2D eigenvalue weighted by molar-refractivity contribution is 7.15. The summed E-state index contributed by atoms with van der Waals surface area (Å²) in [6.45, 7) is 0.556. The molecule has 0 spiro atoms. The third-order valence-electron chi connectivity index (χ3n) is 6.49. The summed E-state index contributed by atoms with van der Waals surface area (Å²) in [7, 11) is 0. The average molecular weight is 583 g/mol. The van der Waals surface area contributed by atoms with Crippen molar-refractivity contribution in [3.63, 3.8) is 0 Å². The van der Waals surface area contributed by atoms with Gasteiger partial charge in [0.25, 0.3) is 5.91 Å². The predicted molar refractivity (Wildman–Crippen MR) is 152 cm³/mol. The molecule has 2 unspecified atom stereocenters. The van der Waals surface area contributed by atoms with Gasteiger partial charge in [0.15, 0.2) is 5.60 Å². The first-order valence-electron chi connectivity index (χ1n) is 12.6. The van der Waals surface area contributed by atoms with E-state index < -0.39 is 23.5 Å². The first kappa shape index (κ1) is 29.4. The third-order valence-corrected chi connectivity index (χ3v) is 8.29. The number of aromatic nitrogens is 4. The van der Waals surface area contributed by atoms with Crippen LogP contribution in [0.3, 0.4) is 0 Å². The van der Waals surface area contributed by atoms with Crippen LogP contribution in [0.4, 0.5) is 10.3 Å². The molecular formula is C27H30N6O5S2. The zero-order valence-electron chi connectivity index (χ0n) is 21.8. The number of nitrogens with zero attached hydrogens (tertiary/aromatic N) is 4. The van der Waals surface area contributed by atoms with Crippen LogP contribution in [-0.2, 0) is 33.4 Å². The second kappa shape index (κ2) is 13.2. The molecule has 2 aromatic heterocycles. The fourth-order valence-corrected chi connectivity index (χ4v) is 5.46. The van der Waals surface area contributed by atoms with E-state index >= 15 is 0 Å². The Kier molecular flexibility index (Phi) is 9.66. The average Bonchev–Trinajstić information content (AvgIpc) is 3.64. The number of aliphatic hydroxyl groups is 3. The Morgan fingerprint density at radius 3 is 1.68 bits per heavy atom. The molecule has 0 aliphatic carbocycles. The van der Waals surface area contributed by atoms with Gasteiger partial charge in [0, 0.05) is 12.8 Å². The highest BCUT2D eigenvalue weighted by Gasteiger charge is 2.38. The van der Waals surface area contributed by atoms with E-state index in [-0.39, 0.29) is 23.2 Å². The number of anilines is 2. The molecule has 11 nitrogen and oxygen atoms in total. The maximum atomic E-state index is 12.9. The molecule has 4 rings (SSSR count). The van der Waals surface area contributed by atoms with Crippen molar-refractivity contribution in [1.82, 2.24) is 20.4 Å². The SMILES string of the molecule is CC(CO)(C(=O)Nc1nnc(CCCCc2nnc(NC(=O)C(O)(CO)c3ccccc3)s2)s1)c1ccccc1. The molecule has 2 heterocycles. The number of hydrogen-bond donors (Lipinski definition) is 5. The van der Waals surface area contributed by atoms with Gasteiger partial charge in [-0.2, -0.15) is 0 Å². The lowest BCUT2D eigenvalue weighted by Crippen LogP contribution is -2.43. The molecule has 2 amide bonds. The summed E-state index contributed by atoms with van der Waals surface area (Å²) in [4.78, 5) is 25.6. The van der Waals surface area contributed by atoms with Crippen LogP contribution >= 0.6 is 22.7 Å². The van der Waals surface area contributed by atoms with E-state index in [0.717, 1.165) is 22.9 Å². The molecule has 210 valence electrons. The summed E-state index contributed by atoms with van der Waals surface area (Å²) in [5.74, 6) is -1.14. The number of benzene rings is 2. The second-order valence-corrected chi connectivity index (χ2v) is 11.5. The van der Waals surface area contributed by atoms with Crippen LogP contribution in [0.15, 0.2) is 60.7 Å². The fourth-order valence-electron chi connectivity index (χ4n) is 3.91. The van der Waals surface area contributed by atoms with Crippen LogP contribution in [0.1, 0.15) is 40.9 Å². The zero-order chi connectivity index (χ0) is 28.6. The van der Waals surface area contributed by atoms with Crippen molar-refractivity contribution in [2.45, 2.75) is 43.6 Å². The topological polar surface area (TPSA) is 170 Å². The van der Waals surface area contributed by atoms with E-state index in [4.69, 9.17) is 0 Å². The first-order valence-corrected chi connectivity index (χ1v) is 14.2. The predicted octanol–water partition coefficient (Wildman–Crippen LogP) is 2.66. The lowest BCUT2D eigenvalue weighted by Gasteiger charge is -2.25. The monoisotopic (exact) mass is 582 g/mol.